The molecule has 1 fully saturated rings. The van der Waals surface area contributed by atoms with Crippen molar-refractivity contribution in [3.8, 4) is 5.88 Å². The number of hydrogen-bond donors (Lipinski definition) is 2. The van der Waals surface area contributed by atoms with Crippen LogP contribution in [0.4, 0.5) is 18.0 Å². The van der Waals surface area contributed by atoms with Gasteiger partial charge < -0.3 is 20.3 Å². The first-order valence-electron chi connectivity index (χ1n) is 8.97. The number of aromatic nitrogens is 1. The van der Waals surface area contributed by atoms with Crippen LogP contribution in [0.1, 0.15) is 24.1 Å². The maximum absolute atomic E-state index is 13.6. The lowest BCUT2D eigenvalue weighted by atomic mass is 10.00. The van der Waals surface area contributed by atoms with Crippen molar-refractivity contribution in [3.05, 3.63) is 58.5 Å². The number of benzene rings is 1. The third kappa shape index (κ3) is 4.93. The second-order valence-corrected chi connectivity index (χ2v) is 6.93. The zero-order valence-electron chi connectivity index (χ0n) is 15.7. The smallest absolute Gasteiger partial charge is 0.388 e. The van der Waals surface area contributed by atoms with Gasteiger partial charge in [0, 0.05) is 25.4 Å². The van der Waals surface area contributed by atoms with Crippen molar-refractivity contribution in [1.29, 1.82) is 0 Å². The Morgan fingerprint density at radius 1 is 1.33 bits per heavy atom. The maximum atomic E-state index is 13.6. The Balaban J connectivity index is 1.90. The van der Waals surface area contributed by atoms with Gasteiger partial charge in [-0.25, -0.2) is 14.2 Å². The number of amides is 3. The zero-order valence-corrected chi connectivity index (χ0v) is 16.5. The van der Waals surface area contributed by atoms with Crippen LogP contribution in [-0.2, 0) is 4.79 Å². The van der Waals surface area contributed by atoms with Crippen LogP contribution in [0.5, 0.6) is 5.88 Å². The number of piperazine rings is 1. The summed E-state index contributed by atoms with van der Waals surface area (Å²) in [6.07, 6.45) is 1.26. The van der Waals surface area contributed by atoms with Crippen LogP contribution in [0.15, 0.2) is 36.5 Å². The molecule has 0 radical (unpaired) electrons. The summed E-state index contributed by atoms with van der Waals surface area (Å²) in [6, 6.07) is 4.55. The number of hydrogen-bond acceptors (Lipinski definition) is 4. The molecule has 1 saturated heterocycles. The third-order valence-corrected chi connectivity index (χ3v) is 4.90. The Morgan fingerprint density at radius 2 is 2.07 bits per heavy atom. The van der Waals surface area contributed by atoms with E-state index < -0.39 is 30.5 Å². The van der Waals surface area contributed by atoms with Crippen LogP contribution in [0.3, 0.4) is 0 Å². The zero-order chi connectivity index (χ0) is 21.8. The van der Waals surface area contributed by atoms with Crippen LogP contribution < -0.4 is 15.4 Å². The third-order valence-electron chi connectivity index (χ3n) is 4.61. The Labute approximate surface area is 175 Å². The summed E-state index contributed by atoms with van der Waals surface area (Å²) < 4.78 is 42.6. The van der Waals surface area contributed by atoms with Crippen molar-refractivity contribution in [2.45, 2.75) is 25.6 Å². The molecular weight excluding hydrogens is 425 g/mol. The molecule has 7 nitrogen and oxygen atoms in total. The number of alkyl halides is 2. The first-order chi connectivity index (χ1) is 14.3. The number of carbonyl (C=O) groups excluding carboxylic acids is 2. The molecule has 2 atom stereocenters. The van der Waals surface area contributed by atoms with E-state index in [0.29, 0.717) is 24.2 Å². The Hall–Kier alpha value is -3.01. The van der Waals surface area contributed by atoms with E-state index in [2.05, 4.69) is 20.4 Å². The molecule has 1 aliphatic heterocycles. The number of nitrogens with one attached hydrogen (secondary N) is 2. The van der Waals surface area contributed by atoms with Gasteiger partial charge in [0.05, 0.1) is 11.1 Å². The van der Waals surface area contributed by atoms with E-state index in [-0.39, 0.29) is 16.8 Å². The molecule has 1 aromatic carbocycles. The van der Waals surface area contributed by atoms with E-state index in [1.807, 2.05) is 0 Å². The number of pyridine rings is 1. The number of halogens is 4. The van der Waals surface area contributed by atoms with E-state index in [1.54, 1.807) is 6.92 Å². The normalized spacial score (nSPS) is 17.5. The monoisotopic (exact) mass is 442 g/mol. The average molecular weight is 443 g/mol. The number of nitrogens with zero attached hydrogens (tertiary/aromatic N) is 2. The van der Waals surface area contributed by atoms with Gasteiger partial charge in [0.25, 0.3) is 0 Å². The van der Waals surface area contributed by atoms with Crippen LogP contribution in [0.2, 0.25) is 5.02 Å². The van der Waals surface area contributed by atoms with E-state index in [9.17, 15) is 22.8 Å². The molecule has 160 valence electrons. The first-order valence-corrected chi connectivity index (χ1v) is 9.34. The van der Waals surface area contributed by atoms with Gasteiger partial charge in [-0.3, -0.25) is 4.79 Å². The SMILES string of the molecule is C[C@@H]1C(=O)NCCN1C(=O)N[C@H](c1ccc(OC(F)F)nc1)c1ccc(F)c(Cl)c1. The van der Waals surface area contributed by atoms with Gasteiger partial charge in [-0.15, -0.1) is 0 Å². The summed E-state index contributed by atoms with van der Waals surface area (Å²) in [4.78, 5) is 29.9. The minimum absolute atomic E-state index is 0.150. The lowest BCUT2D eigenvalue weighted by molar-refractivity contribution is -0.126. The molecule has 1 aromatic heterocycles. The molecular formula is C19H18ClF3N4O3. The minimum atomic E-state index is -3.03. The van der Waals surface area contributed by atoms with Gasteiger partial charge in [0.1, 0.15) is 11.9 Å². The lowest BCUT2D eigenvalue weighted by Gasteiger charge is -2.34. The second-order valence-electron chi connectivity index (χ2n) is 6.52. The van der Waals surface area contributed by atoms with Crippen molar-refractivity contribution in [1.82, 2.24) is 20.5 Å². The van der Waals surface area contributed by atoms with Crippen molar-refractivity contribution in [2.75, 3.05) is 13.1 Å². The second kappa shape index (κ2) is 9.21. The standard InChI is InChI=1S/C19H18ClF3N4O3/c1-10-17(28)24-6-7-27(10)19(29)26-16(11-2-4-14(21)13(20)8-11)12-3-5-15(25-9-12)30-18(22)23/h2-5,8-10,16,18H,6-7H2,1H3,(H,24,28)(H,26,29)/t10-,16+/m1/s1. The molecule has 2 N–H and O–H groups in total. The van der Waals surface area contributed by atoms with Crippen LogP contribution >= 0.6 is 11.6 Å². The predicted molar refractivity (Wildman–Crippen MR) is 102 cm³/mol. The maximum Gasteiger partial charge on any atom is 0.388 e. The Bertz CT molecular complexity index is 930. The molecule has 3 amide bonds. The highest BCUT2D eigenvalue weighted by Crippen LogP contribution is 2.27. The molecule has 0 saturated carbocycles. The van der Waals surface area contributed by atoms with Crippen LogP contribution in [-0.4, -0.2) is 47.6 Å². The van der Waals surface area contributed by atoms with Crippen molar-refractivity contribution >= 4 is 23.5 Å². The first kappa shape index (κ1) is 21.7. The van der Waals surface area contributed by atoms with Gasteiger partial charge in [-0.05, 0) is 36.2 Å². The van der Waals surface area contributed by atoms with Crippen molar-refractivity contribution in [3.63, 3.8) is 0 Å². The fraction of sp³-hybridized carbons (Fsp3) is 0.316. The molecule has 2 aromatic rings. The number of ether oxygens (including phenoxy) is 1. The van der Waals surface area contributed by atoms with E-state index >= 15 is 0 Å². The summed E-state index contributed by atoms with van der Waals surface area (Å²) in [6.45, 7) is -0.822. The average Bonchev–Trinajstić information content (AvgIpc) is 2.70. The molecule has 11 heteroatoms. The fourth-order valence-corrected chi connectivity index (χ4v) is 3.23. The molecule has 0 bridgehead atoms. The summed E-state index contributed by atoms with van der Waals surface area (Å²) in [5, 5.41) is 5.29. The van der Waals surface area contributed by atoms with E-state index in [4.69, 9.17) is 11.6 Å². The van der Waals surface area contributed by atoms with Gasteiger partial charge in [0.2, 0.25) is 11.8 Å². The van der Waals surface area contributed by atoms with Crippen molar-refractivity contribution < 1.29 is 27.5 Å². The molecule has 1 aliphatic rings. The number of carbonyl (C=O) groups is 2. The minimum Gasteiger partial charge on any atom is -0.417 e. The van der Waals surface area contributed by atoms with Gasteiger partial charge >= 0.3 is 12.6 Å². The van der Waals surface area contributed by atoms with E-state index in [1.165, 1.54) is 35.4 Å². The number of urea groups is 1. The lowest BCUT2D eigenvalue weighted by Crippen LogP contribution is -2.58. The molecule has 0 aliphatic carbocycles. The van der Waals surface area contributed by atoms with Gasteiger partial charge in [0.15, 0.2) is 0 Å². The summed E-state index contributed by atoms with van der Waals surface area (Å²) in [5.74, 6) is -1.21. The van der Waals surface area contributed by atoms with E-state index in [0.717, 1.165) is 6.07 Å². The highest BCUT2D eigenvalue weighted by atomic mass is 35.5. The molecule has 0 spiro atoms. The fourth-order valence-electron chi connectivity index (χ4n) is 3.04. The highest BCUT2D eigenvalue weighted by molar-refractivity contribution is 6.30. The Kier molecular flexibility index (Phi) is 6.66. The van der Waals surface area contributed by atoms with Crippen LogP contribution in [0.25, 0.3) is 0 Å². The molecule has 0 unspecified atom stereocenters. The molecule has 3 rings (SSSR count). The number of rotatable bonds is 5. The summed E-state index contributed by atoms with van der Waals surface area (Å²) in [5.41, 5.74) is 0.856. The van der Waals surface area contributed by atoms with Crippen LogP contribution in [0, 0.1) is 5.82 Å². The summed E-state index contributed by atoms with van der Waals surface area (Å²) >= 11 is 5.89. The highest BCUT2D eigenvalue weighted by Gasteiger charge is 2.31. The topological polar surface area (TPSA) is 83.6 Å². The van der Waals surface area contributed by atoms with Crippen molar-refractivity contribution in [2.24, 2.45) is 0 Å². The molecule has 30 heavy (non-hydrogen) atoms. The predicted octanol–water partition coefficient (Wildman–Crippen LogP) is 3.09. The summed E-state index contributed by atoms with van der Waals surface area (Å²) in [7, 11) is 0. The Morgan fingerprint density at radius 3 is 2.70 bits per heavy atom. The van der Waals surface area contributed by atoms with Gasteiger partial charge in [-0.2, -0.15) is 8.78 Å². The largest absolute Gasteiger partial charge is 0.417 e. The van der Waals surface area contributed by atoms with Gasteiger partial charge in [-0.1, -0.05) is 17.7 Å². The molecule has 2 heterocycles. The quantitative estimate of drug-likeness (QED) is 0.745.